The second-order valence-corrected chi connectivity index (χ2v) is 4.83. The molecule has 0 heterocycles. The lowest BCUT2D eigenvalue weighted by Gasteiger charge is -1.97. The molecule has 18 heavy (non-hydrogen) atoms. The maximum absolute atomic E-state index is 10.3. The third-order valence-electron chi connectivity index (χ3n) is 2.97. The predicted molar refractivity (Wildman–Crippen MR) is 76.5 cm³/mol. The number of carboxylic acid groups (broad SMARTS) is 1. The van der Waals surface area contributed by atoms with Crippen molar-refractivity contribution in [2.75, 3.05) is 0 Å². The summed E-state index contributed by atoms with van der Waals surface area (Å²) in [7, 11) is 0. The fourth-order valence-electron chi connectivity index (χ4n) is 1.84. The van der Waals surface area contributed by atoms with E-state index in [9.17, 15) is 4.79 Å². The lowest BCUT2D eigenvalue weighted by atomic mass is 10.1. The molecule has 0 aromatic heterocycles. The van der Waals surface area contributed by atoms with Crippen molar-refractivity contribution in [2.24, 2.45) is 0 Å². The van der Waals surface area contributed by atoms with Gasteiger partial charge >= 0.3 is 5.97 Å². The summed E-state index contributed by atoms with van der Waals surface area (Å²) in [5.41, 5.74) is 0. The highest BCUT2D eigenvalue weighted by Crippen LogP contribution is 2.07. The molecule has 0 saturated carbocycles. The van der Waals surface area contributed by atoms with E-state index in [1.807, 2.05) is 0 Å². The molecule has 1 N–H and O–H groups in total. The molecule has 0 rings (SSSR count). The lowest BCUT2D eigenvalue weighted by molar-refractivity contribution is -0.137. The van der Waals surface area contributed by atoms with Crippen LogP contribution in [0.15, 0.2) is 0 Å². The van der Waals surface area contributed by atoms with E-state index in [-0.39, 0.29) is 0 Å². The molecule has 104 valence electrons. The van der Waals surface area contributed by atoms with Crippen molar-refractivity contribution in [1.82, 2.24) is 0 Å². The first-order valence-corrected chi connectivity index (χ1v) is 7.45. The Morgan fingerprint density at radius 2 is 1.33 bits per heavy atom. The van der Waals surface area contributed by atoms with Crippen LogP contribution in [0.5, 0.6) is 0 Å². The van der Waals surface area contributed by atoms with Gasteiger partial charge in [-0.25, -0.2) is 0 Å². The zero-order valence-corrected chi connectivity index (χ0v) is 11.8. The highest BCUT2D eigenvalue weighted by molar-refractivity contribution is 5.66. The fourth-order valence-corrected chi connectivity index (χ4v) is 1.84. The van der Waals surface area contributed by atoms with Crippen LogP contribution in [0, 0.1) is 11.8 Å². The maximum Gasteiger partial charge on any atom is 0.303 e. The smallest absolute Gasteiger partial charge is 0.303 e. The average Bonchev–Trinajstić information content (AvgIpc) is 2.34. The van der Waals surface area contributed by atoms with Gasteiger partial charge in [0, 0.05) is 19.3 Å². The average molecular weight is 252 g/mol. The molecule has 0 aliphatic heterocycles. The van der Waals surface area contributed by atoms with Crippen molar-refractivity contribution < 1.29 is 9.90 Å². The van der Waals surface area contributed by atoms with Gasteiger partial charge in [0.25, 0.3) is 0 Å². The van der Waals surface area contributed by atoms with E-state index in [4.69, 9.17) is 5.11 Å². The Labute approximate surface area is 112 Å². The van der Waals surface area contributed by atoms with Gasteiger partial charge in [0.15, 0.2) is 0 Å². The van der Waals surface area contributed by atoms with Crippen LogP contribution in [0.1, 0.15) is 84.0 Å². The number of unbranched alkanes of at least 4 members (excludes halogenated alkanes) is 9. The molecule has 2 nitrogen and oxygen atoms in total. The number of carboxylic acids is 1. The van der Waals surface area contributed by atoms with Crippen LogP contribution in [0.2, 0.25) is 0 Å². The van der Waals surface area contributed by atoms with Gasteiger partial charge in [-0.05, 0) is 19.3 Å². The Balaban J connectivity index is 3.10. The van der Waals surface area contributed by atoms with Crippen LogP contribution in [-0.2, 0) is 4.79 Å². The Kier molecular flexibility index (Phi) is 13.3. The largest absolute Gasteiger partial charge is 0.481 e. The quantitative estimate of drug-likeness (QED) is 0.424. The Bertz CT molecular complexity index is 248. The van der Waals surface area contributed by atoms with Gasteiger partial charge in [-0.1, -0.05) is 45.4 Å². The van der Waals surface area contributed by atoms with Gasteiger partial charge in [-0.15, -0.1) is 11.8 Å². The van der Waals surface area contributed by atoms with E-state index in [1.54, 1.807) is 0 Å². The fraction of sp³-hybridized carbons (Fsp3) is 0.812. The number of hydrogen-bond donors (Lipinski definition) is 1. The van der Waals surface area contributed by atoms with Gasteiger partial charge in [-0.2, -0.15) is 0 Å². The SMILES string of the molecule is CCCCCCC#CCCCCCCCC(=O)O. The van der Waals surface area contributed by atoms with Gasteiger partial charge in [0.2, 0.25) is 0 Å². The molecule has 2 heteroatoms. The van der Waals surface area contributed by atoms with Gasteiger partial charge in [0.1, 0.15) is 0 Å². The standard InChI is InChI=1S/C16H28O2/c1-2-3-4-5-6-7-8-9-10-11-12-13-14-15-16(17)18/h2-6,9-15H2,1H3,(H,17,18). The van der Waals surface area contributed by atoms with Crippen molar-refractivity contribution in [3.63, 3.8) is 0 Å². The zero-order valence-electron chi connectivity index (χ0n) is 11.8. The van der Waals surface area contributed by atoms with E-state index in [0.717, 1.165) is 38.5 Å². The van der Waals surface area contributed by atoms with Crippen LogP contribution in [0.25, 0.3) is 0 Å². The minimum absolute atomic E-state index is 0.317. The summed E-state index contributed by atoms with van der Waals surface area (Å²) >= 11 is 0. The maximum atomic E-state index is 10.3. The highest BCUT2D eigenvalue weighted by atomic mass is 16.4. The predicted octanol–water partition coefficient (Wildman–Crippen LogP) is 4.78. The first kappa shape index (κ1) is 17.0. The second kappa shape index (κ2) is 14.1. The molecule has 0 bridgehead atoms. The number of hydrogen-bond acceptors (Lipinski definition) is 1. The number of rotatable bonds is 11. The lowest BCUT2D eigenvalue weighted by Crippen LogP contribution is -1.93. The van der Waals surface area contributed by atoms with Crippen molar-refractivity contribution >= 4 is 5.97 Å². The van der Waals surface area contributed by atoms with Crippen LogP contribution in [0.4, 0.5) is 0 Å². The summed E-state index contributed by atoms with van der Waals surface area (Å²) in [6.07, 6.45) is 12.9. The van der Waals surface area contributed by atoms with Crippen LogP contribution in [0.3, 0.4) is 0 Å². The van der Waals surface area contributed by atoms with E-state index >= 15 is 0 Å². The Morgan fingerprint density at radius 1 is 0.833 bits per heavy atom. The Hall–Kier alpha value is -0.970. The molecular formula is C16H28O2. The third kappa shape index (κ3) is 15.0. The molecule has 0 unspecified atom stereocenters. The summed E-state index contributed by atoms with van der Waals surface area (Å²) in [5.74, 6) is 5.78. The van der Waals surface area contributed by atoms with E-state index in [0.29, 0.717) is 6.42 Å². The van der Waals surface area contributed by atoms with Crippen molar-refractivity contribution in [1.29, 1.82) is 0 Å². The first-order valence-electron chi connectivity index (χ1n) is 7.45. The van der Waals surface area contributed by atoms with Crippen molar-refractivity contribution in [3.8, 4) is 11.8 Å². The van der Waals surface area contributed by atoms with Crippen molar-refractivity contribution in [2.45, 2.75) is 84.0 Å². The molecule has 0 saturated heterocycles. The molecule has 0 amide bonds. The molecule has 0 spiro atoms. The minimum atomic E-state index is -0.677. The van der Waals surface area contributed by atoms with Gasteiger partial charge < -0.3 is 5.11 Å². The zero-order chi connectivity index (χ0) is 13.5. The van der Waals surface area contributed by atoms with Crippen LogP contribution in [-0.4, -0.2) is 11.1 Å². The summed E-state index contributed by atoms with van der Waals surface area (Å²) in [6, 6.07) is 0. The van der Waals surface area contributed by atoms with Gasteiger partial charge in [0.05, 0.1) is 0 Å². The molecule has 0 atom stereocenters. The monoisotopic (exact) mass is 252 g/mol. The molecular weight excluding hydrogens is 224 g/mol. The molecule has 0 aliphatic rings. The van der Waals surface area contributed by atoms with Crippen molar-refractivity contribution in [3.05, 3.63) is 0 Å². The van der Waals surface area contributed by atoms with E-state index in [1.165, 1.54) is 32.1 Å². The van der Waals surface area contributed by atoms with Gasteiger partial charge in [-0.3, -0.25) is 4.79 Å². The van der Waals surface area contributed by atoms with Crippen LogP contribution >= 0.6 is 0 Å². The molecule has 0 radical (unpaired) electrons. The molecule has 0 fully saturated rings. The molecule has 0 aromatic rings. The van der Waals surface area contributed by atoms with Crippen LogP contribution < -0.4 is 0 Å². The number of carbonyl (C=O) groups is 1. The topological polar surface area (TPSA) is 37.3 Å². The highest BCUT2D eigenvalue weighted by Gasteiger charge is 1.95. The number of aliphatic carboxylic acids is 1. The summed E-state index contributed by atoms with van der Waals surface area (Å²) < 4.78 is 0. The second-order valence-electron chi connectivity index (χ2n) is 4.83. The molecule has 0 aromatic carbocycles. The van der Waals surface area contributed by atoms with E-state index in [2.05, 4.69) is 18.8 Å². The minimum Gasteiger partial charge on any atom is -0.481 e. The Morgan fingerprint density at radius 3 is 1.89 bits per heavy atom. The summed E-state index contributed by atoms with van der Waals surface area (Å²) in [6.45, 7) is 2.22. The normalized spacial score (nSPS) is 9.83. The summed E-state index contributed by atoms with van der Waals surface area (Å²) in [4.78, 5) is 10.3. The summed E-state index contributed by atoms with van der Waals surface area (Å²) in [5, 5.41) is 8.47. The van der Waals surface area contributed by atoms with E-state index < -0.39 is 5.97 Å². The third-order valence-corrected chi connectivity index (χ3v) is 2.97. The molecule has 0 aliphatic carbocycles. The first-order chi connectivity index (χ1) is 8.77.